The molecule has 4 atom stereocenters. The fourth-order valence-electron chi connectivity index (χ4n) is 4.43. The molecule has 15 heteroatoms. The standard InChI is InChI=1S/C29H34N6O9/c30-19(9-10-24(31)37)26(40)33-22(13-25(38)39)28(42)34-21(12-16-14-32-20-4-2-1-3-18(16)20)27(41)35-23(29(43)44)11-15-5-7-17(36)8-6-15/h1-8,14,19,21-23,32,36H,9-13,30H2,(H2,31,37)(H,33,40)(H,34,42)(H,35,41)(H,38,39)(H,43,44). The molecule has 0 fully saturated rings. The van der Waals surface area contributed by atoms with Crippen LogP contribution in [0.4, 0.5) is 0 Å². The number of aliphatic carboxylic acids is 2. The zero-order chi connectivity index (χ0) is 32.4. The van der Waals surface area contributed by atoms with E-state index >= 15 is 0 Å². The second kappa shape index (κ2) is 15.2. The van der Waals surface area contributed by atoms with Gasteiger partial charge in [-0.2, -0.15) is 0 Å². The zero-order valence-electron chi connectivity index (χ0n) is 23.5. The van der Waals surface area contributed by atoms with Gasteiger partial charge in [-0.05, 0) is 35.7 Å². The molecule has 15 nitrogen and oxygen atoms in total. The van der Waals surface area contributed by atoms with Gasteiger partial charge >= 0.3 is 11.9 Å². The first-order chi connectivity index (χ1) is 20.8. The maximum absolute atomic E-state index is 13.5. The number of fused-ring (bicyclic) bond motifs is 1. The molecule has 0 aliphatic carbocycles. The Hall–Kier alpha value is -5.44. The van der Waals surface area contributed by atoms with Crippen molar-refractivity contribution in [3.63, 3.8) is 0 Å². The number of carbonyl (C=O) groups excluding carboxylic acids is 4. The summed E-state index contributed by atoms with van der Waals surface area (Å²) in [5.41, 5.74) is 12.7. The summed E-state index contributed by atoms with van der Waals surface area (Å²) in [5, 5.41) is 36.5. The third-order valence-electron chi connectivity index (χ3n) is 6.77. The molecule has 0 aliphatic rings. The summed E-state index contributed by atoms with van der Waals surface area (Å²) in [7, 11) is 0. The maximum atomic E-state index is 13.5. The maximum Gasteiger partial charge on any atom is 0.326 e. The number of para-hydroxylation sites is 1. The van der Waals surface area contributed by atoms with Gasteiger partial charge in [0, 0.05) is 36.4 Å². The van der Waals surface area contributed by atoms with E-state index in [0.717, 1.165) is 10.9 Å². The van der Waals surface area contributed by atoms with Gasteiger partial charge in [-0.15, -0.1) is 0 Å². The van der Waals surface area contributed by atoms with Crippen molar-refractivity contribution >= 4 is 46.5 Å². The molecule has 1 heterocycles. The Morgan fingerprint density at radius 3 is 2.05 bits per heavy atom. The van der Waals surface area contributed by atoms with Crippen LogP contribution < -0.4 is 27.4 Å². The number of phenolic OH excluding ortho intramolecular Hbond substituents is 1. The summed E-state index contributed by atoms with van der Waals surface area (Å²) in [6.07, 6.45) is 0.129. The zero-order valence-corrected chi connectivity index (χ0v) is 23.5. The van der Waals surface area contributed by atoms with Crippen molar-refractivity contribution in [1.29, 1.82) is 0 Å². The Morgan fingerprint density at radius 1 is 0.795 bits per heavy atom. The second-order valence-corrected chi connectivity index (χ2v) is 10.2. The number of aromatic amines is 1. The van der Waals surface area contributed by atoms with Crippen molar-refractivity contribution < 1.29 is 44.1 Å². The third-order valence-corrected chi connectivity index (χ3v) is 6.77. The first-order valence-electron chi connectivity index (χ1n) is 13.6. The number of hydrogen-bond acceptors (Lipinski definition) is 8. The highest BCUT2D eigenvalue weighted by atomic mass is 16.4. The number of aromatic hydroxyl groups is 1. The number of carboxylic acid groups (broad SMARTS) is 2. The largest absolute Gasteiger partial charge is 0.508 e. The number of H-pyrrole nitrogens is 1. The number of primary amides is 1. The number of hydrogen-bond donors (Lipinski definition) is 9. The van der Waals surface area contributed by atoms with Gasteiger partial charge in [0.05, 0.1) is 12.5 Å². The van der Waals surface area contributed by atoms with Crippen LogP contribution in [0.25, 0.3) is 10.9 Å². The molecule has 1 aromatic heterocycles. The van der Waals surface area contributed by atoms with Crippen LogP contribution >= 0.6 is 0 Å². The van der Waals surface area contributed by atoms with E-state index in [1.165, 1.54) is 24.3 Å². The van der Waals surface area contributed by atoms with Crippen LogP contribution in [0.5, 0.6) is 5.75 Å². The number of carbonyl (C=O) groups is 6. The predicted octanol–water partition coefficient (Wildman–Crippen LogP) is -0.735. The van der Waals surface area contributed by atoms with Gasteiger partial charge in [-0.3, -0.25) is 24.0 Å². The average Bonchev–Trinajstić information content (AvgIpc) is 3.38. The lowest BCUT2D eigenvalue weighted by molar-refractivity contribution is -0.143. The molecule has 0 spiro atoms. The lowest BCUT2D eigenvalue weighted by Crippen LogP contribution is -2.58. The predicted molar refractivity (Wildman–Crippen MR) is 156 cm³/mol. The minimum absolute atomic E-state index is 0.0250. The first kappa shape index (κ1) is 33.1. The molecule has 0 saturated carbocycles. The molecule has 0 radical (unpaired) electrons. The van der Waals surface area contributed by atoms with E-state index in [1.807, 2.05) is 0 Å². The summed E-state index contributed by atoms with van der Waals surface area (Å²) in [6.45, 7) is 0. The Labute approximate surface area is 251 Å². The van der Waals surface area contributed by atoms with Crippen LogP contribution in [0, 0.1) is 0 Å². The number of carboxylic acids is 2. The Kier molecular flexibility index (Phi) is 11.4. The Bertz CT molecular complexity index is 1520. The number of amides is 4. The van der Waals surface area contributed by atoms with Gasteiger partial charge in [0.15, 0.2) is 0 Å². The van der Waals surface area contributed by atoms with Gasteiger partial charge in [-0.1, -0.05) is 30.3 Å². The summed E-state index contributed by atoms with van der Waals surface area (Å²) in [6, 6.07) is 7.11. The van der Waals surface area contributed by atoms with Crippen molar-refractivity contribution in [1.82, 2.24) is 20.9 Å². The molecule has 2 aromatic carbocycles. The van der Waals surface area contributed by atoms with Crippen LogP contribution in [-0.4, -0.2) is 80.0 Å². The summed E-state index contributed by atoms with van der Waals surface area (Å²) >= 11 is 0. The molecule has 234 valence electrons. The number of phenols is 1. The van der Waals surface area contributed by atoms with Crippen LogP contribution in [0.1, 0.15) is 30.4 Å². The highest BCUT2D eigenvalue weighted by molar-refractivity contribution is 5.96. The van der Waals surface area contributed by atoms with E-state index in [9.17, 15) is 44.1 Å². The molecule has 4 unspecified atom stereocenters. The van der Waals surface area contributed by atoms with Crippen molar-refractivity contribution in [2.45, 2.75) is 56.3 Å². The van der Waals surface area contributed by atoms with E-state index < -0.39 is 66.2 Å². The topological polar surface area (TPSA) is 267 Å². The first-order valence-corrected chi connectivity index (χ1v) is 13.6. The second-order valence-electron chi connectivity index (χ2n) is 10.2. The molecule has 11 N–H and O–H groups in total. The van der Waals surface area contributed by atoms with E-state index in [2.05, 4.69) is 20.9 Å². The quantitative estimate of drug-likeness (QED) is 0.0980. The number of nitrogens with one attached hydrogen (secondary N) is 4. The molecule has 3 rings (SSSR count). The van der Waals surface area contributed by atoms with E-state index in [1.54, 1.807) is 30.5 Å². The fourth-order valence-corrected chi connectivity index (χ4v) is 4.43. The molecular weight excluding hydrogens is 576 g/mol. The van der Waals surface area contributed by atoms with E-state index in [4.69, 9.17) is 11.5 Å². The van der Waals surface area contributed by atoms with Gasteiger partial charge in [0.2, 0.25) is 23.6 Å². The lowest BCUT2D eigenvalue weighted by atomic mass is 10.0. The van der Waals surface area contributed by atoms with Gasteiger partial charge in [-0.25, -0.2) is 4.79 Å². The normalized spacial score (nSPS) is 13.7. The van der Waals surface area contributed by atoms with Crippen molar-refractivity contribution in [3.05, 3.63) is 65.9 Å². The van der Waals surface area contributed by atoms with E-state index in [0.29, 0.717) is 11.1 Å². The fraction of sp³-hybridized carbons (Fsp3) is 0.310. The van der Waals surface area contributed by atoms with Crippen molar-refractivity contribution in [2.24, 2.45) is 11.5 Å². The summed E-state index contributed by atoms with van der Waals surface area (Å²) in [5.74, 6) is -6.35. The molecule has 44 heavy (non-hydrogen) atoms. The number of nitrogens with two attached hydrogens (primary N) is 2. The SMILES string of the molecule is NC(=O)CCC(N)C(=O)NC(CC(=O)O)C(=O)NC(Cc1c[nH]c2ccccc12)C(=O)NC(Cc1ccc(O)cc1)C(=O)O. The molecule has 0 saturated heterocycles. The van der Waals surface area contributed by atoms with Crippen molar-refractivity contribution in [3.8, 4) is 5.75 Å². The lowest BCUT2D eigenvalue weighted by Gasteiger charge is -2.25. The van der Waals surface area contributed by atoms with Gasteiger partial charge in [0.25, 0.3) is 0 Å². The highest BCUT2D eigenvalue weighted by Crippen LogP contribution is 2.20. The number of benzene rings is 2. The summed E-state index contributed by atoms with van der Waals surface area (Å²) in [4.78, 5) is 77.1. The minimum Gasteiger partial charge on any atom is -0.508 e. The van der Waals surface area contributed by atoms with E-state index in [-0.39, 0.29) is 31.4 Å². The smallest absolute Gasteiger partial charge is 0.326 e. The Morgan fingerprint density at radius 2 is 1.41 bits per heavy atom. The highest BCUT2D eigenvalue weighted by Gasteiger charge is 2.32. The average molecular weight is 611 g/mol. The van der Waals surface area contributed by atoms with Crippen LogP contribution in [0.3, 0.4) is 0 Å². The van der Waals surface area contributed by atoms with Crippen LogP contribution in [0.2, 0.25) is 0 Å². The molecule has 0 bridgehead atoms. The van der Waals surface area contributed by atoms with Gasteiger partial charge in [0.1, 0.15) is 23.9 Å². The van der Waals surface area contributed by atoms with Crippen molar-refractivity contribution in [2.75, 3.05) is 0 Å². The molecule has 4 amide bonds. The van der Waals surface area contributed by atoms with Crippen LogP contribution in [-0.2, 0) is 41.6 Å². The summed E-state index contributed by atoms with van der Waals surface area (Å²) < 4.78 is 0. The molecule has 3 aromatic rings. The molecule has 0 aliphatic heterocycles. The van der Waals surface area contributed by atoms with Crippen LogP contribution in [0.15, 0.2) is 54.7 Å². The Balaban J connectivity index is 1.85. The van der Waals surface area contributed by atoms with Gasteiger partial charge < -0.3 is 47.7 Å². The number of rotatable bonds is 16. The minimum atomic E-state index is -1.66. The monoisotopic (exact) mass is 610 g/mol. The molecular formula is C29H34N6O9. The number of aromatic nitrogens is 1. The third kappa shape index (κ3) is 9.55.